The monoisotopic (exact) mass is 311 g/mol. The van der Waals surface area contributed by atoms with Gasteiger partial charge in [-0.15, -0.1) is 0 Å². The summed E-state index contributed by atoms with van der Waals surface area (Å²) in [6.07, 6.45) is 3.20. The highest BCUT2D eigenvalue weighted by Gasteiger charge is 2.25. The Kier molecular flexibility index (Phi) is 4.30. The van der Waals surface area contributed by atoms with Crippen molar-refractivity contribution in [3.8, 4) is 0 Å². The largest absolute Gasteiger partial charge is 0.370 e. The van der Waals surface area contributed by atoms with Crippen LogP contribution in [-0.2, 0) is 4.74 Å². The lowest BCUT2D eigenvalue weighted by atomic mass is 9.99. The van der Waals surface area contributed by atoms with E-state index in [1.54, 1.807) is 6.20 Å². The second-order valence-electron chi connectivity index (χ2n) is 5.92. The van der Waals surface area contributed by atoms with Crippen LogP contribution in [-0.4, -0.2) is 30.6 Å². The van der Waals surface area contributed by atoms with E-state index in [-0.39, 0.29) is 6.10 Å². The van der Waals surface area contributed by atoms with Crippen molar-refractivity contribution in [2.75, 3.05) is 24.6 Å². The summed E-state index contributed by atoms with van der Waals surface area (Å²) in [5.41, 5.74) is 10.4. The molecule has 1 aromatic heterocycles. The standard InChI is InChI=1S/C18H21N3O2/c1-12-3-4-14(13(2)9-12)17-11-21(7-8-23-17)16-5-6-20-10-15(16)18(19)22/h3-6,9-10,17H,7-8,11H2,1-2H3,(H2,19,22)/t17-/m0/s1. The van der Waals surface area contributed by atoms with E-state index in [1.165, 1.54) is 22.9 Å². The number of amides is 1. The van der Waals surface area contributed by atoms with E-state index in [0.717, 1.165) is 12.2 Å². The predicted molar refractivity (Wildman–Crippen MR) is 89.6 cm³/mol. The predicted octanol–water partition coefficient (Wildman–Crippen LogP) is 2.38. The molecule has 120 valence electrons. The summed E-state index contributed by atoms with van der Waals surface area (Å²) in [5.74, 6) is -0.456. The molecule has 2 N–H and O–H groups in total. The molecule has 2 heterocycles. The van der Waals surface area contributed by atoms with Crippen LogP contribution in [0.5, 0.6) is 0 Å². The van der Waals surface area contributed by atoms with Crippen molar-refractivity contribution < 1.29 is 9.53 Å². The number of hydrogen-bond acceptors (Lipinski definition) is 4. The maximum absolute atomic E-state index is 11.6. The number of morpholine rings is 1. The molecule has 1 saturated heterocycles. The summed E-state index contributed by atoms with van der Waals surface area (Å²) in [6, 6.07) is 8.23. The molecule has 0 bridgehead atoms. The van der Waals surface area contributed by atoms with Crippen LogP contribution in [0, 0.1) is 13.8 Å². The van der Waals surface area contributed by atoms with Crippen molar-refractivity contribution >= 4 is 11.6 Å². The molecule has 0 saturated carbocycles. The minimum Gasteiger partial charge on any atom is -0.370 e. The normalized spacial score (nSPS) is 18.0. The highest BCUT2D eigenvalue weighted by molar-refractivity contribution is 5.98. The molecule has 1 aliphatic rings. The van der Waals surface area contributed by atoms with Crippen LogP contribution in [0.4, 0.5) is 5.69 Å². The minimum absolute atomic E-state index is 0.0155. The summed E-state index contributed by atoms with van der Waals surface area (Å²) >= 11 is 0. The molecule has 3 rings (SSSR count). The van der Waals surface area contributed by atoms with Crippen LogP contribution < -0.4 is 10.6 Å². The molecule has 1 atom stereocenters. The number of rotatable bonds is 3. The van der Waals surface area contributed by atoms with Crippen LogP contribution in [0.2, 0.25) is 0 Å². The van der Waals surface area contributed by atoms with Gasteiger partial charge in [0.25, 0.3) is 5.91 Å². The van der Waals surface area contributed by atoms with Gasteiger partial charge in [0.2, 0.25) is 0 Å². The number of carbonyl (C=O) groups excluding carboxylic acids is 1. The van der Waals surface area contributed by atoms with E-state index in [0.29, 0.717) is 18.7 Å². The highest BCUT2D eigenvalue weighted by Crippen LogP contribution is 2.29. The van der Waals surface area contributed by atoms with Gasteiger partial charge in [0, 0.05) is 25.5 Å². The zero-order chi connectivity index (χ0) is 16.4. The molecular weight excluding hydrogens is 290 g/mol. The molecule has 1 aromatic carbocycles. The molecule has 5 nitrogen and oxygen atoms in total. The molecule has 1 amide bonds. The third-order valence-electron chi connectivity index (χ3n) is 4.24. The summed E-state index contributed by atoms with van der Waals surface area (Å²) in [6.45, 7) is 6.21. The zero-order valence-electron chi connectivity index (χ0n) is 13.5. The van der Waals surface area contributed by atoms with Gasteiger partial charge in [-0.1, -0.05) is 23.8 Å². The molecule has 1 aliphatic heterocycles. The van der Waals surface area contributed by atoms with E-state index < -0.39 is 5.91 Å². The van der Waals surface area contributed by atoms with Gasteiger partial charge in [0.05, 0.1) is 17.9 Å². The number of primary amides is 1. The quantitative estimate of drug-likeness (QED) is 0.945. The smallest absolute Gasteiger partial charge is 0.252 e. The van der Waals surface area contributed by atoms with E-state index in [4.69, 9.17) is 10.5 Å². The lowest BCUT2D eigenvalue weighted by Crippen LogP contribution is -2.39. The molecule has 2 aromatic rings. The van der Waals surface area contributed by atoms with Crippen molar-refractivity contribution in [2.24, 2.45) is 5.73 Å². The van der Waals surface area contributed by atoms with Gasteiger partial charge >= 0.3 is 0 Å². The zero-order valence-corrected chi connectivity index (χ0v) is 13.5. The third kappa shape index (κ3) is 3.19. The second kappa shape index (κ2) is 6.38. The van der Waals surface area contributed by atoms with Gasteiger partial charge in [-0.25, -0.2) is 0 Å². The topological polar surface area (TPSA) is 68.5 Å². The Bertz CT molecular complexity index is 730. The first-order chi connectivity index (χ1) is 11.1. The van der Waals surface area contributed by atoms with Crippen LogP contribution in [0.1, 0.15) is 33.2 Å². The number of hydrogen-bond donors (Lipinski definition) is 1. The molecule has 0 unspecified atom stereocenters. The van der Waals surface area contributed by atoms with Crippen LogP contribution in [0.15, 0.2) is 36.7 Å². The first-order valence-corrected chi connectivity index (χ1v) is 7.74. The number of aryl methyl sites for hydroxylation is 2. The van der Waals surface area contributed by atoms with Crippen LogP contribution in [0.25, 0.3) is 0 Å². The maximum Gasteiger partial charge on any atom is 0.252 e. The summed E-state index contributed by atoms with van der Waals surface area (Å²) in [4.78, 5) is 17.8. The first kappa shape index (κ1) is 15.5. The van der Waals surface area contributed by atoms with Crippen molar-refractivity contribution in [1.82, 2.24) is 4.98 Å². The summed E-state index contributed by atoms with van der Waals surface area (Å²) < 4.78 is 5.96. The van der Waals surface area contributed by atoms with Crippen LogP contribution >= 0.6 is 0 Å². The lowest BCUT2D eigenvalue weighted by Gasteiger charge is -2.36. The Morgan fingerprint density at radius 1 is 1.35 bits per heavy atom. The second-order valence-corrected chi connectivity index (χ2v) is 5.92. The van der Waals surface area contributed by atoms with E-state index >= 15 is 0 Å². The molecule has 0 spiro atoms. The van der Waals surface area contributed by atoms with Crippen molar-refractivity contribution in [3.05, 3.63) is 58.9 Å². The van der Waals surface area contributed by atoms with Gasteiger partial charge in [0.15, 0.2) is 0 Å². The number of ether oxygens (including phenoxy) is 1. The SMILES string of the molecule is Cc1ccc([C@@H]2CN(c3ccncc3C(N)=O)CCO2)c(C)c1. The van der Waals surface area contributed by atoms with Crippen LogP contribution in [0.3, 0.4) is 0 Å². The molecule has 5 heteroatoms. The molecule has 0 radical (unpaired) electrons. The number of pyridine rings is 1. The van der Waals surface area contributed by atoms with E-state index in [1.807, 2.05) is 6.07 Å². The summed E-state index contributed by atoms with van der Waals surface area (Å²) in [7, 11) is 0. The van der Waals surface area contributed by atoms with Gasteiger partial charge in [-0.3, -0.25) is 9.78 Å². The number of nitrogens with zero attached hydrogens (tertiary/aromatic N) is 2. The minimum atomic E-state index is -0.456. The lowest BCUT2D eigenvalue weighted by molar-refractivity contribution is 0.0393. The van der Waals surface area contributed by atoms with Crippen molar-refractivity contribution in [2.45, 2.75) is 20.0 Å². The molecular formula is C18H21N3O2. The Morgan fingerprint density at radius 2 is 2.17 bits per heavy atom. The fourth-order valence-corrected chi connectivity index (χ4v) is 3.10. The third-order valence-corrected chi connectivity index (χ3v) is 4.24. The Hall–Kier alpha value is -2.40. The maximum atomic E-state index is 11.6. The van der Waals surface area contributed by atoms with Gasteiger partial charge in [-0.2, -0.15) is 0 Å². The summed E-state index contributed by atoms with van der Waals surface area (Å²) in [5, 5.41) is 0. The highest BCUT2D eigenvalue weighted by atomic mass is 16.5. The van der Waals surface area contributed by atoms with Crippen molar-refractivity contribution in [1.29, 1.82) is 0 Å². The number of anilines is 1. The molecule has 1 fully saturated rings. The first-order valence-electron chi connectivity index (χ1n) is 7.74. The Labute approximate surface area is 136 Å². The van der Waals surface area contributed by atoms with E-state index in [2.05, 4.69) is 41.9 Å². The van der Waals surface area contributed by atoms with E-state index in [9.17, 15) is 4.79 Å². The van der Waals surface area contributed by atoms with Gasteiger partial charge in [0.1, 0.15) is 6.10 Å². The average molecular weight is 311 g/mol. The number of benzene rings is 1. The number of nitrogens with two attached hydrogens (primary N) is 1. The fraction of sp³-hybridized carbons (Fsp3) is 0.333. The van der Waals surface area contributed by atoms with Gasteiger partial charge in [-0.05, 0) is 31.0 Å². The number of aromatic nitrogens is 1. The average Bonchev–Trinajstić information content (AvgIpc) is 2.55. The molecule has 0 aliphatic carbocycles. The van der Waals surface area contributed by atoms with Gasteiger partial charge < -0.3 is 15.4 Å². The Morgan fingerprint density at radius 3 is 2.91 bits per heavy atom. The molecule has 23 heavy (non-hydrogen) atoms. The Balaban J connectivity index is 1.88. The van der Waals surface area contributed by atoms with Crippen molar-refractivity contribution in [3.63, 3.8) is 0 Å². The number of carbonyl (C=O) groups is 1. The fourth-order valence-electron chi connectivity index (χ4n) is 3.10.